The molecule has 1 amide bonds. The molecule has 2 aliphatic heterocycles. The topological polar surface area (TPSA) is 70.6 Å². The van der Waals surface area contributed by atoms with Crippen molar-refractivity contribution in [3.63, 3.8) is 0 Å². The summed E-state index contributed by atoms with van der Waals surface area (Å²) >= 11 is 0. The molecule has 7 heteroatoms. The van der Waals surface area contributed by atoms with E-state index < -0.39 is 0 Å². The average Bonchev–Trinajstić information content (AvgIpc) is 2.77. The number of amides is 1. The van der Waals surface area contributed by atoms with E-state index in [1.165, 1.54) is 19.3 Å². The summed E-state index contributed by atoms with van der Waals surface area (Å²) in [5, 5.41) is 13.8. The average molecular weight is 398 g/mol. The van der Waals surface area contributed by atoms with Gasteiger partial charge in [-0.3, -0.25) is 9.69 Å². The lowest BCUT2D eigenvalue weighted by Gasteiger charge is -2.34. The van der Waals surface area contributed by atoms with Crippen molar-refractivity contribution in [1.82, 2.24) is 20.4 Å². The Bertz CT molecular complexity index is 837. The first-order valence-corrected chi connectivity index (χ1v) is 10.8. The summed E-state index contributed by atoms with van der Waals surface area (Å²) in [4.78, 5) is 17.5. The Labute approximate surface area is 172 Å². The van der Waals surface area contributed by atoms with Crippen LogP contribution in [0.4, 0.5) is 5.82 Å². The summed E-state index contributed by atoms with van der Waals surface area (Å²) in [6.07, 6.45) is 4.52. The normalized spacial score (nSPS) is 20.7. The molecule has 29 heavy (non-hydrogen) atoms. The van der Waals surface area contributed by atoms with Crippen LogP contribution in [0.15, 0.2) is 24.3 Å². The van der Waals surface area contributed by atoms with Gasteiger partial charge >= 0.3 is 0 Å². The minimum absolute atomic E-state index is 0.145. The van der Waals surface area contributed by atoms with Gasteiger partial charge in [-0.25, -0.2) is 0 Å². The Morgan fingerprint density at radius 3 is 2.72 bits per heavy atom. The fourth-order valence-corrected chi connectivity index (χ4v) is 4.30. The summed E-state index contributed by atoms with van der Waals surface area (Å²) in [6.45, 7) is 8.39. The van der Waals surface area contributed by atoms with Crippen LogP contribution in [0.5, 0.6) is 0 Å². The first-order valence-electron chi connectivity index (χ1n) is 10.8. The smallest absolute Gasteiger partial charge is 0.272 e. The molecule has 2 fully saturated rings. The number of aromatic nitrogens is 2. The number of benzene rings is 1. The van der Waals surface area contributed by atoms with Crippen molar-refractivity contribution < 1.29 is 9.53 Å². The molecule has 2 saturated heterocycles. The van der Waals surface area contributed by atoms with Crippen molar-refractivity contribution in [1.29, 1.82) is 0 Å². The molecule has 7 nitrogen and oxygen atoms in total. The molecule has 2 aromatic rings. The summed E-state index contributed by atoms with van der Waals surface area (Å²) in [5.41, 5.74) is 0.417. The van der Waals surface area contributed by atoms with Crippen LogP contribution in [-0.2, 0) is 4.74 Å². The molecule has 1 aromatic heterocycles. The van der Waals surface area contributed by atoms with E-state index in [0.717, 1.165) is 62.4 Å². The first-order chi connectivity index (χ1) is 14.2. The molecule has 0 bridgehead atoms. The highest BCUT2D eigenvalue weighted by atomic mass is 16.5. The van der Waals surface area contributed by atoms with E-state index >= 15 is 0 Å². The monoisotopic (exact) mass is 397 g/mol. The number of ether oxygens (including phenoxy) is 1. The molecule has 0 radical (unpaired) electrons. The van der Waals surface area contributed by atoms with Crippen molar-refractivity contribution in [2.45, 2.75) is 38.6 Å². The number of nitrogens with one attached hydrogen (secondary N) is 1. The minimum Gasteiger partial charge on any atom is -0.379 e. The third-order valence-electron chi connectivity index (χ3n) is 6.00. The molecule has 0 spiro atoms. The highest BCUT2D eigenvalue weighted by Gasteiger charge is 2.24. The van der Waals surface area contributed by atoms with Gasteiger partial charge < -0.3 is 15.0 Å². The lowest BCUT2D eigenvalue weighted by Crippen LogP contribution is -2.39. The zero-order valence-corrected chi connectivity index (χ0v) is 17.3. The molecule has 1 N–H and O–H groups in total. The van der Waals surface area contributed by atoms with Crippen LogP contribution in [0.25, 0.3) is 10.8 Å². The minimum atomic E-state index is -0.145. The second kappa shape index (κ2) is 9.50. The molecule has 4 rings (SSSR count). The van der Waals surface area contributed by atoms with Crippen molar-refractivity contribution in [2.75, 3.05) is 50.8 Å². The van der Waals surface area contributed by atoms with Gasteiger partial charge in [0.2, 0.25) is 0 Å². The summed E-state index contributed by atoms with van der Waals surface area (Å²) in [5.74, 6) is 0.755. The van der Waals surface area contributed by atoms with Gasteiger partial charge in [-0.05, 0) is 39.2 Å². The zero-order chi connectivity index (χ0) is 20.1. The van der Waals surface area contributed by atoms with E-state index in [1.807, 2.05) is 18.2 Å². The van der Waals surface area contributed by atoms with Gasteiger partial charge in [-0.2, -0.15) is 0 Å². The van der Waals surface area contributed by atoms with Crippen LogP contribution in [0.2, 0.25) is 0 Å². The molecular weight excluding hydrogens is 366 g/mol. The summed E-state index contributed by atoms with van der Waals surface area (Å²) in [7, 11) is 0. The highest BCUT2D eigenvalue weighted by Crippen LogP contribution is 2.30. The molecule has 1 atom stereocenters. The molecule has 2 aliphatic rings. The fraction of sp³-hybridized carbons (Fsp3) is 0.591. The van der Waals surface area contributed by atoms with Crippen LogP contribution in [0.1, 0.15) is 43.1 Å². The predicted molar refractivity (Wildman–Crippen MR) is 114 cm³/mol. The Balaban J connectivity index is 1.44. The quantitative estimate of drug-likeness (QED) is 0.755. The second-order valence-electron chi connectivity index (χ2n) is 8.02. The van der Waals surface area contributed by atoms with Gasteiger partial charge in [-0.15, -0.1) is 10.2 Å². The van der Waals surface area contributed by atoms with Crippen LogP contribution in [0, 0.1) is 0 Å². The van der Waals surface area contributed by atoms with Crippen molar-refractivity contribution in [3.8, 4) is 0 Å². The fourth-order valence-electron chi connectivity index (χ4n) is 4.30. The number of nitrogens with zero attached hydrogens (tertiary/aromatic N) is 4. The summed E-state index contributed by atoms with van der Waals surface area (Å²) in [6, 6.07) is 8.44. The van der Waals surface area contributed by atoms with Crippen LogP contribution in [-0.4, -0.2) is 73.0 Å². The van der Waals surface area contributed by atoms with E-state index in [2.05, 4.69) is 38.3 Å². The van der Waals surface area contributed by atoms with Crippen molar-refractivity contribution >= 4 is 22.5 Å². The molecule has 3 heterocycles. The van der Waals surface area contributed by atoms with Crippen LogP contribution >= 0.6 is 0 Å². The van der Waals surface area contributed by atoms with Gasteiger partial charge in [0.05, 0.1) is 13.2 Å². The zero-order valence-electron chi connectivity index (χ0n) is 17.3. The maximum atomic E-state index is 12.8. The Hall–Kier alpha value is -2.25. The molecule has 0 aliphatic carbocycles. The lowest BCUT2D eigenvalue weighted by atomic mass is 10.0. The Morgan fingerprint density at radius 2 is 1.93 bits per heavy atom. The third kappa shape index (κ3) is 4.67. The number of morpholine rings is 1. The SMILES string of the molecule is CC1CCCCN1c1nnc(C(=O)NCCCN2CCOCC2)c2ccccc12. The third-order valence-corrected chi connectivity index (χ3v) is 6.00. The number of hydrogen-bond donors (Lipinski definition) is 1. The van der Waals surface area contributed by atoms with E-state index in [1.54, 1.807) is 0 Å². The van der Waals surface area contributed by atoms with Gasteiger partial charge in [-0.1, -0.05) is 24.3 Å². The van der Waals surface area contributed by atoms with E-state index in [4.69, 9.17) is 4.74 Å². The van der Waals surface area contributed by atoms with Gasteiger partial charge in [0.1, 0.15) is 0 Å². The molecular formula is C22H31N5O2. The molecule has 1 unspecified atom stereocenters. The highest BCUT2D eigenvalue weighted by molar-refractivity contribution is 6.07. The number of piperidine rings is 1. The number of anilines is 1. The molecule has 156 valence electrons. The number of carbonyl (C=O) groups is 1. The second-order valence-corrected chi connectivity index (χ2v) is 8.02. The standard InChI is InChI=1S/C22H31N5O2/c1-17-7-4-5-12-27(17)21-19-9-3-2-8-18(19)20(24-25-21)22(28)23-10-6-11-26-13-15-29-16-14-26/h2-3,8-9,17H,4-7,10-16H2,1H3,(H,23,28). The molecule has 1 aromatic carbocycles. The number of rotatable bonds is 6. The van der Waals surface area contributed by atoms with E-state index in [0.29, 0.717) is 18.3 Å². The van der Waals surface area contributed by atoms with Crippen molar-refractivity contribution in [3.05, 3.63) is 30.0 Å². The van der Waals surface area contributed by atoms with Gasteiger partial charge in [0, 0.05) is 43.0 Å². The Morgan fingerprint density at radius 1 is 1.14 bits per heavy atom. The van der Waals surface area contributed by atoms with Gasteiger partial charge in [0.15, 0.2) is 11.5 Å². The maximum Gasteiger partial charge on any atom is 0.272 e. The summed E-state index contributed by atoms with van der Waals surface area (Å²) < 4.78 is 5.37. The number of hydrogen-bond acceptors (Lipinski definition) is 6. The largest absolute Gasteiger partial charge is 0.379 e. The number of carbonyl (C=O) groups excluding carboxylic acids is 1. The van der Waals surface area contributed by atoms with Crippen LogP contribution in [0.3, 0.4) is 0 Å². The molecule has 0 saturated carbocycles. The number of fused-ring (bicyclic) bond motifs is 1. The lowest BCUT2D eigenvalue weighted by molar-refractivity contribution is 0.0374. The first kappa shape index (κ1) is 20.0. The predicted octanol–water partition coefficient (Wildman–Crippen LogP) is 2.46. The van der Waals surface area contributed by atoms with E-state index in [-0.39, 0.29) is 5.91 Å². The maximum absolute atomic E-state index is 12.8. The van der Waals surface area contributed by atoms with Gasteiger partial charge in [0.25, 0.3) is 5.91 Å². The van der Waals surface area contributed by atoms with Crippen molar-refractivity contribution in [2.24, 2.45) is 0 Å². The van der Waals surface area contributed by atoms with E-state index in [9.17, 15) is 4.79 Å². The van der Waals surface area contributed by atoms with Crippen LogP contribution < -0.4 is 10.2 Å². The Kier molecular flexibility index (Phi) is 6.56.